The second kappa shape index (κ2) is 17.3. The van der Waals surface area contributed by atoms with Crippen molar-refractivity contribution in [2.24, 2.45) is 0 Å². The van der Waals surface area contributed by atoms with Crippen molar-refractivity contribution in [2.75, 3.05) is 0 Å². The van der Waals surface area contributed by atoms with E-state index in [4.69, 9.17) is 10.0 Å². The van der Waals surface area contributed by atoms with Crippen LogP contribution >= 0.6 is 0 Å². The van der Waals surface area contributed by atoms with Gasteiger partial charge in [-0.15, -0.1) is 0 Å². The van der Waals surface area contributed by atoms with Crippen molar-refractivity contribution >= 4 is 12.6 Å². The third-order valence-electron chi connectivity index (χ3n) is 5.60. The molecule has 0 aliphatic carbocycles. The predicted octanol–water partition coefficient (Wildman–Crippen LogP) is 6.17. The Morgan fingerprint density at radius 3 is 1.30 bits per heavy atom. The van der Waals surface area contributed by atoms with E-state index >= 15 is 0 Å². The average Bonchev–Trinajstić information content (AvgIpc) is 2.68. The van der Waals surface area contributed by atoms with Gasteiger partial charge in [0.25, 0.3) is 0 Å². The molecular formula is C24H43BO2. The lowest BCUT2D eigenvalue weighted by Crippen LogP contribution is -2.29. The number of benzene rings is 1. The monoisotopic (exact) mass is 374 g/mol. The molecule has 1 aromatic rings. The second-order valence-corrected chi connectivity index (χ2v) is 8.17. The molecule has 27 heavy (non-hydrogen) atoms. The molecule has 0 fully saturated rings. The van der Waals surface area contributed by atoms with Crippen LogP contribution in [0.25, 0.3) is 0 Å². The van der Waals surface area contributed by atoms with Gasteiger partial charge in [0.05, 0.1) is 0 Å². The number of hydrogen-bond acceptors (Lipinski definition) is 2. The summed E-state index contributed by atoms with van der Waals surface area (Å²) in [6.07, 6.45) is 23.5. The van der Waals surface area contributed by atoms with Crippen molar-refractivity contribution in [1.82, 2.24) is 0 Å². The zero-order valence-corrected chi connectivity index (χ0v) is 17.8. The molecule has 0 radical (unpaired) electrons. The van der Waals surface area contributed by atoms with E-state index < -0.39 is 7.12 Å². The van der Waals surface area contributed by atoms with E-state index in [1.165, 1.54) is 108 Å². The highest BCUT2D eigenvalue weighted by atomic mass is 16.4. The maximum absolute atomic E-state index is 9.09. The third-order valence-corrected chi connectivity index (χ3v) is 5.60. The predicted molar refractivity (Wildman–Crippen MR) is 120 cm³/mol. The number of hydrogen-bond donors (Lipinski definition) is 2. The smallest absolute Gasteiger partial charge is 0.423 e. The minimum absolute atomic E-state index is 0.575. The van der Waals surface area contributed by atoms with Crippen LogP contribution in [-0.4, -0.2) is 17.2 Å². The van der Waals surface area contributed by atoms with Gasteiger partial charge in [-0.25, -0.2) is 0 Å². The Bertz CT molecular complexity index is 431. The van der Waals surface area contributed by atoms with Crippen LogP contribution < -0.4 is 5.46 Å². The van der Waals surface area contributed by atoms with Gasteiger partial charge in [-0.05, 0) is 23.9 Å². The molecule has 0 saturated carbocycles. The molecule has 3 heteroatoms. The number of rotatable bonds is 18. The van der Waals surface area contributed by atoms with Crippen molar-refractivity contribution in [1.29, 1.82) is 0 Å². The molecule has 0 heterocycles. The minimum atomic E-state index is -1.35. The molecule has 2 nitrogen and oxygen atoms in total. The minimum Gasteiger partial charge on any atom is -0.423 e. The molecule has 0 amide bonds. The summed E-state index contributed by atoms with van der Waals surface area (Å²) in [5.41, 5.74) is 1.87. The zero-order chi connectivity index (χ0) is 19.6. The van der Waals surface area contributed by atoms with Gasteiger partial charge in [-0.3, -0.25) is 0 Å². The Hall–Kier alpha value is -0.795. The Morgan fingerprint density at radius 2 is 0.926 bits per heavy atom. The van der Waals surface area contributed by atoms with Gasteiger partial charge < -0.3 is 10.0 Å². The summed E-state index contributed by atoms with van der Waals surface area (Å²) >= 11 is 0. The SMILES string of the molecule is CCCCCCCCCCCCCCCCCCc1ccc(B(O)O)cc1. The van der Waals surface area contributed by atoms with Crippen molar-refractivity contribution < 1.29 is 10.0 Å². The van der Waals surface area contributed by atoms with E-state index in [2.05, 4.69) is 6.92 Å². The lowest BCUT2D eigenvalue weighted by atomic mass is 9.80. The Labute approximate surface area is 168 Å². The van der Waals surface area contributed by atoms with Crippen LogP contribution in [-0.2, 0) is 6.42 Å². The summed E-state index contributed by atoms with van der Waals surface area (Å²) in [6, 6.07) is 7.65. The first-order valence-corrected chi connectivity index (χ1v) is 11.7. The first-order valence-electron chi connectivity index (χ1n) is 11.7. The van der Waals surface area contributed by atoms with Crippen LogP contribution in [0.2, 0.25) is 0 Å². The molecule has 0 aliphatic rings. The Morgan fingerprint density at radius 1 is 0.556 bits per heavy atom. The Balaban J connectivity index is 1.80. The zero-order valence-electron chi connectivity index (χ0n) is 17.8. The molecule has 0 aliphatic heterocycles. The number of aryl methyl sites for hydroxylation is 1. The molecule has 1 rings (SSSR count). The lowest BCUT2D eigenvalue weighted by Gasteiger charge is -2.05. The van der Waals surface area contributed by atoms with Crippen LogP contribution in [0.4, 0.5) is 0 Å². The van der Waals surface area contributed by atoms with Gasteiger partial charge in [0.15, 0.2) is 0 Å². The lowest BCUT2D eigenvalue weighted by molar-refractivity contribution is 0.426. The third kappa shape index (κ3) is 13.9. The first-order chi connectivity index (χ1) is 13.2. The summed E-state index contributed by atoms with van der Waals surface area (Å²) in [5, 5.41) is 18.2. The molecular weight excluding hydrogens is 331 g/mol. The summed E-state index contributed by atoms with van der Waals surface area (Å²) in [5.74, 6) is 0. The highest BCUT2D eigenvalue weighted by molar-refractivity contribution is 6.58. The molecule has 0 atom stereocenters. The molecule has 0 bridgehead atoms. The molecule has 1 aromatic carbocycles. The van der Waals surface area contributed by atoms with Gasteiger partial charge in [-0.1, -0.05) is 128 Å². The maximum atomic E-state index is 9.09. The normalized spacial score (nSPS) is 11.1. The topological polar surface area (TPSA) is 40.5 Å². The van der Waals surface area contributed by atoms with Gasteiger partial charge in [0, 0.05) is 0 Å². The van der Waals surface area contributed by atoms with Crippen molar-refractivity contribution in [3.63, 3.8) is 0 Å². The van der Waals surface area contributed by atoms with Gasteiger partial charge in [-0.2, -0.15) is 0 Å². The molecule has 0 aromatic heterocycles. The fourth-order valence-corrected chi connectivity index (χ4v) is 3.73. The van der Waals surface area contributed by atoms with Crippen LogP contribution in [0.15, 0.2) is 24.3 Å². The fourth-order valence-electron chi connectivity index (χ4n) is 3.73. The van der Waals surface area contributed by atoms with E-state index in [0.29, 0.717) is 5.46 Å². The second-order valence-electron chi connectivity index (χ2n) is 8.17. The standard InChI is InChI=1S/C24H43BO2/c1-2-3-4-5-6-7-8-9-10-11-12-13-14-15-16-17-18-23-19-21-24(22-20-23)25(26)27/h19-22,26-27H,2-18H2,1H3. The van der Waals surface area contributed by atoms with E-state index in [1.807, 2.05) is 24.3 Å². The average molecular weight is 374 g/mol. The summed E-state index contributed by atoms with van der Waals surface area (Å²) < 4.78 is 0. The van der Waals surface area contributed by atoms with Crippen LogP contribution in [0.1, 0.15) is 115 Å². The van der Waals surface area contributed by atoms with Crippen molar-refractivity contribution in [2.45, 2.75) is 116 Å². The van der Waals surface area contributed by atoms with E-state index in [0.717, 1.165) is 6.42 Å². The van der Waals surface area contributed by atoms with Gasteiger partial charge >= 0.3 is 7.12 Å². The van der Waals surface area contributed by atoms with Crippen LogP contribution in [0.5, 0.6) is 0 Å². The van der Waals surface area contributed by atoms with Crippen molar-refractivity contribution in [3.8, 4) is 0 Å². The molecule has 0 spiro atoms. The highest BCUT2D eigenvalue weighted by Gasteiger charge is 2.09. The molecule has 2 N–H and O–H groups in total. The quantitative estimate of drug-likeness (QED) is 0.238. The largest absolute Gasteiger partial charge is 0.488 e. The van der Waals surface area contributed by atoms with Crippen LogP contribution in [0.3, 0.4) is 0 Å². The highest BCUT2D eigenvalue weighted by Crippen LogP contribution is 2.14. The van der Waals surface area contributed by atoms with E-state index in [-0.39, 0.29) is 0 Å². The summed E-state index contributed by atoms with van der Waals surface area (Å²) in [7, 11) is -1.35. The molecule has 154 valence electrons. The Kier molecular flexibility index (Phi) is 15.5. The molecule has 0 unspecified atom stereocenters. The van der Waals surface area contributed by atoms with E-state index in [9.17, 15) is 0 Å². The summed E-state index contributed by atoms with van der Waals surface area (Å²) in [4.78, 5) is 0. The maximum Gasteiger partial charge on any atom is 0.488 e. The fraction of sp³-hybridized carbons (Fsp3) is 0.750. The van der Waals surface area contributed by atoms with Gasteiger partial charge in [0.1, 0.15) is 0 Å². The number of unbranched alkanes of at least 4 members (excludes halogenated alkanes) is 15. The van der Waals surface area contributed by atoms with Gasteiger partial charge in [0.2, 0.25) is 0 Å². The first kappa shape index (κ1) is 24.2. The summed E-state index contributed by atoms with van der Waals surface area (Å²) in [6.45, 7) is 2.28. The molecule has 0 saturated heterocycles. The van der Waals surface area contributed by atoms with Crippen LogP contribution in [0, 0.1) is 0 Å². The van der Waals surface area contributed by atoms with E-state index in [1.54, 1.807) is 0 Å². The van der Waals surface area contributed by atoms with Crippen molar-refractivity contribution in [3.05, 3.63) is 29.8 Å².